The molecule has 1 atom stereocenters. The Balaban J connectivity index is 1.11. The number of carbonyl (C=O) groups excluding carboxylic acids is 1. The molecule has 0 saturated carbocycles. The number of nitrogens with one attached hydrogen (secondary N) is 2. The van der Waals surface area contributed by atoms with Gasteiger partial charge in [0, 0.05) is 85.2 Å². The van der Waals surface area contributed by atoms with Gasteiger partial charge in [-0.2, -0.15) is 5.26 Å². The van der Waals surface area contributed by atoms with Gasteiger partial charge in [0.1, 0.15) is 6.04 Å². The highest BCUT2D eigenvalue weighted by Gasteiger charge is 2.33. The van der Waals surface area contributed by atoms with Gasteiger partial charge in [-0.3, -0.25) is 24.6 Å². The Kier molecular flexibility index (Phi) is 10.7. The monoisotopic (exact) mass is 819 g/mol. The molecule has 51 heavy (non-hydrogen) atoms. The van der Waals surface area contributed by atoms with E-state index in [0.717, 1.165) is 75.5 Å². The van der Waals surface area contributed by atoms with Gasteiger partial charge in [0.05, 0.1) is 28.4 Å². The highest BCUT2D eigenvalue weighted by molar-refractivity contribution is 9.11. The number of benzene rings is 2. The highest BCUT2D eigenvalue weighted by atomic mass is 79.9. The van der Waals surface area contributed by atoms with Crippen molar-refractivity contribution in [3.63, 3.8) is 0 Å². The minimum atomic E-state index is -0.753. The van der Waals surface area contributed by atoms with E-state index in [1.807, 2.05) is 50.8 Å². The molecule has 2 aromatic heterocycles. The molecule has 3 aliphatic heterocycles. The lowest BCUT2D eigenvalue weighted by molar-refractivity contribution is -0.134. The third-order valence-corrected chi connectivity index (χ3v) is 12.0. The summed E-state index contributed by atoms with van der Waals surface area (Å²) < 4.78 is 3.29. The van der Waals surface area contributed by atoms with Crippen molar-refractivity contribution in [1.82, 2.24) is 39.5 Å². The first-order valence-corrected chi connectivity index (χ1v) is 19.2. The number of likely N-dealkylation sites (tertiary alicyclic amines) is 2. The van der Waals surface area contributed by atoms with E-state index in [1.54, 1.807) is 6.20 Å². The van der Waals surface area contributed by atoms with E-state index in [2.05, 4.69) is 70.2 Å². The number of pyridine rings is 1. The molecule has 7 rings (SSSR count). The number of hydrogen-bond donors (Lipinski definition) is 3. The minimum Gasteiger partial charge on any atom is -0.397 e. The number of aromatic amines is 1. The molecule has 268 valence electrons. The molecular weight excluding hydrogens is 778 g/mol. The molecule has 2 aromatic carbocycles. The fourth-order valence-electron chi connectivity index (χ4n) is 7.83. The number of aliphatic imine (C=N–C) groups is 1. The van der Waals surface area contributed by atoms with Crippen LogP contribution in [0.3, 0.4) is 0 Å². The third kappa shape index (κ3) is 7.51. The van der Waals surface area contributed by atoms with Crippen molar-refractivity contribution >= 4 is 71.4 Å². The van der Waals surface area contributed by atoms with Crippen molar-refractivity contribution in [2.24, 2.45) is 4.99 Å². The molecule has 3 saturated heterocycles. The third-order valence-electron chi connectivity index (χ3n) is 10.7. The van der Waals surface area contributed by atoms with Crippen LogP contribution in [-0.4, -0.2) is 117 Å². The molecule has 4 N–H and O–H groups in total. The predicted octanol–water partition coefficient (Wildman–Crippen LogP) is 3.90. The Hall–Kier alpha value is -3.97. The molecule has 4 aromatic rings. The minimum absolute atomic E-state index is 0.0481. The summed E-state index contributed by atoms with van der Waals surface area (Å²) in [7, 11) is 2.17. The first-order valence-electron chi connectivity index (χ1n) is 17.6. The summed E-state index contributed by atoms with van der Waals surface area (Å²) in [6, 6.07) is 11.3. The topological polar surface area (TPSA) is 155 Å². The average molecular weight is 822 g/mol. The maximum atomic E-state index is 14.3. The number of imidazole rings is 1. The number of halogens is 2. The Morgan fingerprint density at radius 3 is 2.35 bits per heavy atom. The van der Waals surface area contributed by atoms with Crippen LogP contribution in [0.5, 0.6) is 0 Å². The summed E-state index contributed by atoms with van der Waals surface area (Å²) in [5.74, 6) is 0.322. The maximum Gasteiger partial charge on any atom is 0.326 e. The molecule has 1 amide bonds. The van der Waals surface area contributed by atoms with E-state index >= 15 is 0 Å². The second-order valence-corrected chi connectivity index (χ2v) is 15.5. The highest BCUT2D eigenvalue weighted by Crippen LogP contribution is 2.31. The Bertz CT molecular complexity index is 2010. The van der Waals surface area contributed by atoms with Crippen LogP contribution in [0.2, 0.25) is 0 Å². The largest absolute Gasteiger partial charge is 0.397 e. The smallest absolute Gasteiger partial charge is 0.326 e. The van der Waals surface area contributed by atoms with Gasteiger partial charge in [-0.05, 0) is 88.4 Å². The normalized spacial score (nSPS) is 19.5. The number of piperidine rings is 2. The van der Waals surface area contributed by atoms with Crippen molar-refractivity contribution in [2.45, 2.75) is 50.2 Å². The van der Waals surface area contributed by atoms with Crippen LogP contribution < -0.4 is 16.7 Å². The maximum absolute atomic E-state index is 14.3. The van der Waals surface area contributed by atoms with Gasteiger partial charge >= 0.3 is 5.69 Å². The van der Waals surface area contributed by atoms with Crippen LogP contribution in [0.4, 0.5) is 5.69 Å². The number of nitrogens with zero attached hydrogens (tertiary/aromatic N) is 8. The predicted molar refractivity (Wildman–Crippen MR) is 206 cm³/mol. The number of aromatic nitrogens is 3. The first kappa shape index (κ1) is 35.4. The number of anilines is 1. The second kappa shape index (κ2) is 15.3. The fraction of sp³-hybridized carbons (Fsp3) is 0.472. The molecular formula is C36H43Br2N11O2. The molecule has 15 heteroatoms. The van der Waals surface area contributed by atoms with E-state index in [1.165, 1.54) is 0 Å². The molecule has 0 radical (unpaired) electrons. The molecule has 3 fully saturated rings. The number of rotatable bonds is 6. The number of para-hydroxylation sites is 1. The molecule has 0 bridgehead atoms. The number of hydrogen-bond acceptors (Lipinski definition) is 8. The van der Waals surface area contributed by atoms with E-state index in [0.29, 0.717) is 63.1 Å². The van der Waals surface area contributed by atoms with Crippen LogP contribution in [0, 0.1) is 11.5 Å². The molecule has 0 unspecified atom stereocenters. The summed E-state index contributed by atoms with van der Waals surface area (Å²) in [5.41, 5.74) is 9.91. The van der Waals surface area contributed by atoms with E-state index in [9.17, 15) is 14.9 Å². The van der Waals surface area contributed by atoms with Crippen molar-refractivity contribution in [2.75, 3.05) is 65.1 Å². The van der Waals surface area contributed by atoms with Gasteiger partial charge < -0.3 is 25.4 Å². The Morgan fingerprint density at radius 1 is 1.02 bits per heavy atom. The van der Waals surface area contributed by atoms with Gasteiger partial charge in [0.25, 0.3) is 0 Å². The van der Waals surface area contributed by atoms with Gasteiger partial charge in [0.15, 0.2) is 6.19 Å². The summed E-state index contributed by atoms with van der Waals surface area (Å²) in [5, 5.41) is 13.5. The number of guanidine groups is 1. The molecule has 0 spiro atoms. The molecule has 3 aliphatic rings. The lowest BCUT2D eigenvalue weighted by Crippen LogP contribution is -2.54. The van der Waals surface area contributed by atoms with Gasteiger partial charge in [-0.25, -0.2) is 9.79 Å². The van der Waals surface area contributed by atoms with Gasteiger partial charge in [-0.1, -0.05) is 18.2 Å². The average Bonchev–Trinajstić information content (AvgIpc) is 3.49. The number of H-pyrrole nitrogens is 1. The van der Waals surface area contributed by atoms with Crippen LogP contribution in [0.25, 0.3) is 21.9 Å². The zero-order valence-corrected chi connectivity index (χ0v) is 31.9. The quantitative estimate of drug-likeness (QED) is 0.0865. The number of piperazine rings is 1. The molecule has 0 aliphatic carbocycles. The number of carbonyl (C=O) groups is 1. The van der Waals surface area contributed by atoms with Crippen molar-refractivity contribution < 1.29 is 4.79 Å². The number of nitrogen functional groups attached to an aromatic ring is 1. The number of nitrogens with two attached hydrogens (primary N) is 1. The number of likely N-dealkylation sites (N-methyl/N-ethyl adjacent to an activating group) is 1. The molecule has 13 nitrogen and oxygen atoms in total. The second-order valence-electron chi connectivity index (χ2n) is 13.8. The van der Waals surface area contributed by atoms with Gasteiger partial charge in [0.2, 0.25) is 11.9 Å². The lowest BCUT2D eigenvalue weighted by atomic mass is 9.99. The van der Waals surface area contributed by atoms with Gasteiger partial charge in [-0.15, -0.1) is 0 Å². The van der Waals surface area contributed by atoms with Crippen LogP contribution in [0.1, 0.15) is 37.3 Å². The number of fused-ring (bicyclic) bond motifs is 3. The van der Waals surface area contributed by atoms with Crippen LogP contribution in [0.15, 0.2) is 61.3 Å². The summed E-state index contributed by atoms with van der Waals surface area (Å²) in [4.78, 5) is 49.2. The Labute approximate surface area is 313 Å². The zero-order chi connectivity index (χ0) is 35.6. The number of amides is 1. The standard InChI is InChI=1S/C36H43Br2N11O2/c1-45-14-16-46(17-15-45)24-6-10-47(11-7-24)34(50)30(20-23-18-27(37)32(40)28(38)19-23)43-35(42-22-39)48-12-8-25(9-13-48)49-31-21-41-29-5-3-2-4-26(29)33(31)44-36(49)51/h2-5,18-19,21,24-25,30H,6-17,20,40H2,1H3,(H,42,43)(H,44,51)/t30-/m1/s1. The summed E-state index contributed by atoms with van der Waals surface area (Å²) >= 11 is 7.11. The van der Waals surface area contributed by atoms with E-state index in [-0.39, 0.29) is 17.6 Å². The van der Waals surface area contributed by atoms with Crippen LogP contribution >= 0.6 is 31.9 Å². The SMILES string of the molecule is CN1CCN(C2CCN(C(=O)[C@@H](Cc3cc(Br)c(N)c(Br)c3)N=C(NC#N)N3CCC(n4c(=O)[nH]c5c6ccccc6ncc54)CC3)CC2)CC1. The zero-order valence-electron chi connectivity index (χ0n) is 28.7. The number of nitriles is 1. The summed E-state index contributed by atoms with van der Waals surface area (Å²) in [6.07, 6.45) is 7.34. The van der Waals surface area contributed by atoms with Crippen molar-refractivity contribution in [1.29, 1.82) is 5.26 Å². The van der Waals surface area contributed by atoms with Crippen LogP contribution in [-0.2, 0) is 11.2 Å². The Morgan fingerprint density at radius 2 is 1.67 bits per heavy atom. The van der Waals surface area contributed by atoms with E-state index < -0.39 is 6.04 Å². The lowest BCUT2D eigenvalue weighted by Gasteiger charge is -2.42. The van der Waals surface area contributed by atoms with Crippen molar-refractivity contribution in [3.05, 3.63) is 67.6 Å². The van der Waals surface area contributed by atoms with E-state index in [4.69, 9.17) is 10.7 Å². The summed E-state index contributed by atoms with van der Waals surface area (Å²) in [6.45, 7) is 6.71. The fourth-order valence-corrected chi connectivity index (χ4v) is 9.11. The molecule has 5 heterocycles. The first-order chi connectivity index (χ1) is 24.7. The van der Waals surface area contributed by atoms with Crippen molar-refractivity contribution in [3.8, 4) is 6.19 Å².